The second kappa shape index (κ2) is 6.78. The van der Waals surface area contributed by atoms with Crippen LogP contribution in [0.3, 0.4) is 0 Å². The molecule has 1 aliphatic heterocycles. The number of amides is 1. The molecule has 0 N–H and O–H groups in total. The van der Waals surface area contributed by atoms with Crippen LogP contribution in [-0.2, 0) is 11.8 Å². The Kier molecular flexibility index (Phi) is 4.69. The highest BCUT2D eigenvalue weighted by Gasteiger charge is 2.28. The number of carbonyl (C=O) groups excluding carboxylic acids is 1. The van der Waals surface area contributed by atoms with Crippen molar-refractivity contribution in [3.8, 4) is 0 Å². The molecule has 1 amide bonds. The molecule has 8 nitrogen and oxygen atoms in total. The van der Waals surface area contributed by atoms with Crippen LogP contribution >= 0.6 is 0 Å². The summed E-state index contributed by atoms with van der Waals surface area (Å²) < 4.78 is 8.48. The van der Waals surface area contributed by atoms with Crippen LogP contribution in [0, 0.1) is 0 Å². The van der Waals surface area contributed by atoms with Crippen molar-refractivity contribution in [3.05, 3.63) is 22.6 Å². The molecule has 136 valence electrons. The third-order valence-corrected chi connectivity index (χ3v) is 4.74. The normalized spacial score (nSPS) is 15.6. The van der Waals surface area contributed by atoms with E-state index >= 15 is 0 Å². The van der Waals surface area contributed by atoms with Gasteiger partial charge in [0.2, 0.25) is 0 Å². The first kappa shape index (κ1) is 17.3. The van der Waals surface area contributed by atoms with Gasteiger partial charge in [-0.3, -0.25) is 9.13 Å². The van der Waals surface area contributed by atoms with Gasteiger partial charge < -0.3 is 14.5 Å². The lowest BCUT2D eigenvalue weighted by atomic mass is 10.1. The van der Waals surface area contributed by atoms with Crippen molar-refractivity contribution in [1.82, 2.24) is 19.0 Å². The van der Waals surface area contributed by atoms with Gasteiger partial charge in [-0.1, -0.05) is 0 Å². The number of hydrogen-bond donors (Lipinski definition) is 0. The van der Waals surface area contributed by atoms with Gasteiger partial charge in [0.25, 0.3) is 0 Å². The van der Waals surface area contributed by atoms with Crippen molar-refractivity contribution in [2.45, 2.75) is 25.8 Å². The SMILES string of the molecule is CCOC(=O)N1CCC(n2c(=O)n(C)c3ccc(N(C)C)nc32)CC1. The maximum absolute atomic E-state index is 12.8. The zero-order valence-electron chi connectivity index (χ0n) is 15.2. The molecule has 1 aliphatic rings. The fourth-order valence-electron chi connectivity index (χ4n) is 3.32. The molecule has 0 spiro atoms. The maximum Gasteiger partial charge on any atom is 0.409 e. The minimum absolute atomic E-state index is 0.0341. The molecule has 0 saturated carbocycles. The average molecular weight is 347 g/mol. The summed E-state index contributed by atoms with van der Waals surface area (Å²) in [5.74, 6) is 0.816. The average Bonchev–Trinajstić information content (AvgIpc) is 2.86. The second-order valence-electron chi connectivity index (χ2n) is 6.54. The van der Waals surface area contributed by atoms with Crippen LogP contribution in [-0.4, -0.2) is 58.9 Å². The van der Waals surface area contributed by atoms with Gasteiger partial charge in [0.15, 0.2) is 5.65 Å². The van der Waals surface area contributed by atoms with Crippen LogP contribution in [0.5, 0.6) is 0 Å². The number of ether oxygens (including phenoxy) is 1. The zero-order chi connectivity index (χ0) is 18.1. The van der Waals surface area contributed by atoms with E-state index in [0.29, 0.717) is 38.2 Å². The third-order valence-electron chi connectivity index (χ3n) is 4.74. The van der Waals surface area contributed by atoms with E-state index < -0.39 is 0 Å². The van der Waals surface area contributed by atoms with Crippen LogP contribution in [0.1, 0.15) is 25.8 Å². The van der Waals surface area contributed by atoms with Crippen LogP contribution in [0.2, 0.25) is 0 Å². The second-order valence-corrected chi connectivity index (χ2v) is 6.54. The van der Waals surface area contributed by atoms with E-state index in [-0.39, 0.29) is 17.8 Å². The summed E-state index contributed by atoms with van der Waals surface area (Å²) in [4.78, 5) is 32.9. The highest BCUT2D eigenvalue weighted by molar-refractivity contribution is 5.74. The topological polar surface area (TPSA) is 72.6 Å². The summed E-state index contributed by atoms with van der Waals surface area (Å²) in [5.41, 5.74) is 1.46. The molecule has 1 fully saturated rings. The predicted molar refractivity (Wildman–Crippen MR) is 96.2 cm³/mol. The number of fused-ring (bicyclic) bond motifs is 1. The van der Waals surface area contributed by atoms with Crippen molar-refractivity contribution in [3.63, 3.8) is 0 Å². The van der Waals surface area contributed by atoms with Gasteiger partial charge in [0.05, 0.1) is 12.1 Å². The molecule has 3 heterocycles. The highest BCUT2D eigenvalue weighted by atomic mass is 16.6. The molecule has 0 bridgehead atoms. The summed E-state index contributed by atoms with van der Waals surface area (Å²) in [6.45, 7) is 3.34. The van der Waals surface area contributed by atoms with E-state index in [0.717, 1.165) is 11.3 Å². The van der Waals surface area contributed by atoms with Crippen LogP contribution in [0.25, 0.3) is 11.2 Å². The fourth-order valence-corrected chi connectivity index (χ4v) is 3.32. The number of aromatic nitrogens is 3. The largest absolute Gasteiger partial charge is 0.450 e. The quantitative estimate of drug-likeness (QED) is 0.843. The lowest BCUT2D eigenvalue weighted by Crippen LogP contribution is -2.41. The van der Waals surface area contributed by atoms with Crippen molar-refractivity contribution in [2.75, 3.05) is 38.7 Å². The Balaban J connectivity index is 1.91. The maximum atomic E-state index is 12.8. The Morgan fingerprint density at radius 1 is 1.32 bits per heavy atom. The number of aryl methyl sites for hydroxylation is 1. The molecule has 0 aliphatic carbocycles. The minimum Gasteiger partial charge on any atom is -0.450 e. The Labute approximate surface area is 146 Å². The number of anilines is 1. The Bertz CT molecular complexity index is 831. The first-order chi connectivity index (χ1) is 11.9. The lowest BCUT2D eigenvalue weighted by Gasteiger charge is -2.31. The number of hydrogen-bond acceptors (Lipinski definition) is 5. The van der Waals surface area contributed by atoms with E-state index in [1.165, 1.54) is 0 Å². The number of carbonyl (C=O) groups is 1. The van der Waals surface area contributed by atoms with Crippen molar-refractivity contribution < 1.29 is 9.53 Å². The number of imidazole rings is 1. The monoisotopic (exact) mass is 347 g/mol. The molecule has 25 heavy (non-hydrogen) atoms. The number of piperidine rings is 1. The van der Waals surface area contributed by atoms with Gasteiger partial charge in [-0.05, 0) is 31.9 Å². The van der Waals surface area contributed by atoms with Gasteiger partial charge in [-0.15, -0.1) is 0 Å². The number of pyridine rings is 1. The standard InChI is InChI=1S/C17H25N5O3/c1-5-25-17(24)21-10-8-12(9-11-21)22-15-13(20(4)16(22)23)6-7-14(18-15)19(2)3/h6-7,12H,5,8-11H2,1-4H3. The molecule has 0 aromatic carbocycles. The molecule has 2 aromatic heterocycles. The molecule has 3 rings (SSSR count). The molecule has 8 heteroatoms. The van der Waals surface area contributed by atoms with E-state index in [9.17, 15) is 9.59 Å². The van der Waals surface area contributed by atoms with Crippen molar-refractivity contribution in [2.24, 2.45) is 7.05 Å². The van der Waals surface area contributed by atoms with Crippen molar-refractivity contribution >= 4 is 23.1 Å². The van der Waals surface area contributed by atoms with Gasteiger partial charge in [0, 0.05) is 40.3 Å². The summed E-state index contributed by atoms with van der Waals surface area (Å²) in [6, 6.07) is 3.88. The van der Waals surface area contributed by atoms with Crippen LogP contribution in [0.4, 0.5) is 10.6 Å². The summed E-state index contributed by atoms with van der Waals surface area (Å²) in [6.07, 6.45) is 1.15. The van der Waals surface area contributed by atoms with Gasteiger partial charge >= 0.3 is 11.8 Å². The molecule has 0 atom stereocenters. The van der Waals surface area contributed by atoms with E-state index in [2.05, 4.69) is 4.98 Å². The third kappa shape index (κ3) is 3.08. The first-order valence-corrected chi connectivity index (χ1v) is 8.61. The molecular formula is C17H25N5O3. The van der Waals surface area contributed by atoms with Crippen molar-refractivity contribution in [1.29, 1.82) is 0 Å². The van der Waals surface area contributed by atoms with Gasteiger partial charge in [-0.25, -0.2) is 14.6 Å². The summed E-state index contributed by atoms with van der Waals surface area (Å²) in [5, 5.41) is 0. The summed E-state index contributed by atoms with van der Waals surface area (Å²) in [7, 11) is 5.63. The number of rotatable bonds is 3. The smallest absolute Gasteiger partial charge is 0.409 e. The van der Waals surface area contributed by atoms with E-state index in [1.54, 1.807) is 28.0 Å². The van der Waals surface area contributed by atoms with E-state index in [1.807, 2.05) is 31.1 Å². The first-order valence-electron chi connectivity index (χ1n) is 8.61. The fraction of sp³-hybridized carbons (Fsp3) is 0.588. The van der Waals surface area contributed by atoms with Gasteiger partial charge in [0.1, 0.15) is 5.82 Å². The highest BCUT2D eigenvalue weighted by Crippen LogP contribution is 2.26. The minimum atomic E-state index is -0.278. The zero-order valence-corrected chi connectivity index (χ0v) is 15.2. The molecular weight excluding hydrogens is 322 g/mol. The molecule has 2 aromatic rings. The Morgan fingerprint density at radius 3 is 2.60 bits per heavy atom. The predicted octanol–water partition coefficient (Wildman–Crippen LogP) is 1.59. The van der Waals surface area contributed by atoms with Crippen LogP contribution < -0.4 is 10.6 Å². The number of likely N-dealkylation sites (tertiary alicyclic amines) is 1. The lowest BCUT2D eigenvalue weighted by molar-refractivity contribution is 0.0927. The summed E-state index contributed by atoms with van der Waals surface area (Å²) >= 11 is 0. The van der Waals surface area contributed by atoms with E-state index in [4.69, 9.17) is 4.74 Å². The van der Waals surface area contributed by atoms with Crippen LogP contribution in [0.15, 0.2) is 16.9 Å². The number of nitrogens with zero attached hydrogens (tertiary/aromatic N) is 5. The Hall–Kier alpha value is -2.51. The molecule has 0 unspecified atom stereocenters. The van der Waals surface area contributed by atoms with Gasteiger partial charge in [-0.2, -0.15) is 0 Å². The molecule has 1 saturated heterocycles. The Morgan fingerprint density at radius 2 is 2.00 bits per heavy atom. The molecule has 0 radical (unpaired) electrons.